The fraction of sp³-hybridized carbons (Fsp3) is 0.417. The Kier molecular flexibility index (Phi) is 6.08. The number of nitrogens with one attached hydrogen (secondary N) is 2. The molecule has 0 radical (unpaired) electrons. The van der Waals surface area contributed by atoms with Crippen molar-refractivity contribution in [2.75, 3.05) is 4.90 Å². The lowest BCUT2D eigenvalue weighted by atomic mass is 9.79. The molecule has 0 aliphatic carbocycles. The van der Waals surface area contributed by atoms with E-state index in [4.69, 9.17) is 0 Å². The van der Waals surface area contributed by atoms with Crippen molar-refractivity contribution < 1.29 is 9.59 Å². The molecule has 0 bridgehead atoms. The van der Waals surface area contributed by atoms with E-state index in [1.54, 1.807) is 4.90 Å². The number of hydrogen-bond acceptors (Lipinski definition) is 3. The first-order chi connectivity index (χ1) is 13.7. The summed E-state index contributed by atoms with van der Waals surface area (Å²) in [4.78, 5) is 27.6. The maximum Gasteiger partial charge on any atom is 0.316 e. The van der Waals surface area contributed by atoms with Crippen molar-refractivity contribution in [1.82, 2.24) is 10.6 Å². The Labute approximate surface area is 173 Å². The zero-order valence-electron chi connectivity index (χ0n) is 17.7. The summed E-state index contributed by atoms with van der Waals surface area (Å²) >= 11 is 0. The van der Waals surface area contributed by atoms with Crippen LogP contribution in [-0.2, 0) is 16.1 Å². The van der Waals surface area contributed by atoms with E-state index in [2.05, 4.69) is 38.3 Å². The summed E-state index contributed by atoms with van der Waals surface area (Å²) in [6, 6.07) is 19.0. The van der Waals surface area contributed by atoms with Gasteiger partial charge in [-0.05, 0) is 58.2 Å². The number of nitrogens with zero attached hydrogens (tertiary/aromatic N) is 1. The number of benzene rings is 2. The van der Waals surface area contributed by atoms with E-state index < -0.39 is 11.8 Å². The Morgan fingerprint density at radius 1 is 0.931 bits per heavy atom. The Bertz CT molecular complexity index is 831. The third-order valence-corrected chi connectivity index (χ3v) is 5.22. The smallest absolute Gasteiger partial charge is 0.316 e. The fourth-order valence-electron chi connectivity index (χ4n) is 4.45. The van der Waals surface area contributed by atoms with Crippen LogP contribution in [0.15, 0.2) is 60.7 Å². The molecule has 0 spiro atoms. The highest BCUT2D eigenvalue weighted by molar-refractivity contribution is 6.40. The molecule has 1 aliphatic heterocycles. The van der Waals surface area contributed by atoms with Gasteiger partial charge in [0.25, 0.3) is 0 Å². The highest BCUT2D eigenvalue weighted by atomic mass is 16.2. The summed E-state index contributed by atoms with van der Waals surface area (Å²) in [6.07, 6.45) is 1.55. The minimum atomic E-state index is -0.553. The number of piperidine rings is 1. The lowest BCUT2D eigenvalue weighted by Gasteiger charge is -2.46. The van der Waals surface area contributed by atoms with E-state index in [0.29, 0.717) is 12.2 Å². The number of para-hydroxylation sites is 1. The molecule has 1 fully saturated rings. The largest absolute Gasteiger partial charge is 0.345 e. The SMILES string of the molecule is CC1(C)CC(NC(=O)C(=O)N(Cc2ccccc2)c2ccccc2)CC(C)(C)N1. The lowest BCUT2D eigenvalue weighted by molar-refractivity contribution is -0.138. The second-order valence-electron chi connectivity index (χ2n) is 9.18. The highest BCUT2D eigenvalue weighted by Crippen LogP contribution is 2.28. The molecule has 3 rings (SSSR count). The molecule has 2 amide bonds. The number of amides is 2. The van der Waals surface area contributed by atoms with Crippen molar-refractivity contribution in [2.24, 2.45) is 0 Å². The average molecular weight is 394 g/mol. The van der Waals surface area contributed by atoms with Crippen LogP contribution in [0.25, 0.3) is 0 Å². The second-order valence-corrected chi connectivity index (χ2v) is 9.18. The number of carbonyl (C=O) groups is 2. The Balaban J connectivity index is 1.77. The van der Waals surface area contributed by atoms with Crippen LogP contribution in [0.2, 0.25) is 0 Å². The lowest BCUT2D eigenvalue weighted by Crippen LogP contribution is -2.63. The van der Waals surface area contributed by atoms with Gasteiger partial charge in [0, 0.05) is 22.8 Å². The number of hydrogen-bond donors (Lipinski definition) is 2. The molecule has 0 atom stereocenters. The maximum absolute atomic E-state index is 13.1. The molecule has 0 unspecified atom stereocenters. The Morgan fingerprint density at radius 2 is 1.45 bits per heavy atom. The molecule has 5 nitrogen and oxygen atoms in total. The van der Waals surface area contributed by atoms with Crippen LogP contribution >= 0.6 is 0 Å². The molecule has 154 valence electrons. The summed E-state index contributed by atoms with van der Waals surface area (Å²) in [5.41, 5.74) is 1.47. The van der Waals surface area contributed by atoms with Gasteiger partial charge >= 0.3 is 11.8 Å². The van der Waals surface area contributed by atoms with Crippen molar-refractivity contribution in [1.29, 1.82) is 0 Å². The summed E-state index contributed by atoms with van der Waals surface area (Å²) < 4.78 is 0. The monoisotopic (exact) mass is 393 g/mol. The molecule has 2 aromatic rings. The normalized spacial score (nSPS) is 18.1. The van der Waals surface area contributed by atoms with Crippen LogP contribution in [0.4, 0.5) is 5.69 Å². The molecule has 0 saturated carbocycles. The zero-order chi connectivity index (χ0) is 21.1. The van der Waals surface area contributed by atoms with Crippen LogP contribution in [0.3, 0.4) is 0 Å². The van der Waals surface area contributed by atoms with Gasteiger partial charge in [-0.1, -0.05) is 48.5 Å². The molecular formula is C24H31N3O2. The average Bonchev–Trinajstić information content (AvgIpc) is 2.64. The predicted molar refractivity (Wildman–Crippen MR) is 117 cm³/mol. The van der Waals surface area contributed by atoms with Crippen LogP contribution in [0.5, 0.6) is 0 Å². The highest BCUT2D eigenvalue weighted by Gasteiger charge is 2.39. The van der Waals surface area contributed by atoms with Crippen LogP contribution < -0.4 is 15.5 Å². The fourth-order valence-corrected chi connectivity index (χ4v) is 4.45. The van der Waals surface area contributed by atoms with Gasteiger partial charge in [0.1, 0.15) is 0 Å². The third kappa shape index (κ3) is 5.67. The maximum atomic E-state index is 13.1. The van der Waals surface area contributed by atoms with Crippen LogP contribution in [0, 0.1) is 0 Å². The molecule has 29 heavy (non-hydrogen) atoms. The van der Waals surface area contributed by atoms with E-state index in [1.807, 2.05) is 60.7 Å². The minimum absolute atomic E-state index is 0.0490. The molecule has 1 heterocycles. The first kappa shape index (κ1) is 21.1. The van der Waals surface area contributed by atoms with Gasteiger partial charge in [0.05, 0.1) is 6.54 Å². The van der Waals surface area contributed by atoms with E-state index in [-0.39, 0.29) is 17.1 Å². The number of rotatable bonds is 4. The molecule has 1 saturated heterocycles. The standard InChI is InChI=1S/C24H31N3O2/c1-23(2)15-19(16-24(3,4)26-23)25-21(28)22(29)27(20-13-9-6-10-14-20)17-18-11-7-5-8-12-18/h5-14,19,26H,15-17H2,1-4H3,(H,25,28). The Hall–Kier alpha value is -2.66. The molecule has 1 aliphatic rings. The van der Waals surface area contributed by atoms with Crippen molar-refractivity contribution in [2.45, 2.75) is 64.2 Å². The molecule has 5 heteroatoms. The van der Waals surface area contributed by atoms with E-state index in [1.165, 1.54) is 0 Å². The van der Waals surface area contributed by atoms with E-state index in [9.17, 15) is 9.59 Å². The van der Waals surface area contributed by atoms with Crippen LogP contribution in [0.1, 0.15) is 46.1 Å². The number of anilines is 1. The van der Waals surface area contributed by atoms with E-state index in [0.717, 1.165) is 18.4 Å². The first-order valence-corrected chi connectivity index (χ1v) is 10.2. The zero-order valence-corrected chi connectivity index (χ0v) is 17.7. The van der Waals surface area contributed by atoms with Crippen molar-refractivity contribution in [3.63, 3.8) is 0 Å². The van der Waals surface area contributed by atoms with Gasteiger partial charge in [0.15, 0.2) is 0 Å². The topological polar surface area (TPSA) is 61.4 Å². The van der Waals surface area contributed by atoms with E-state index >= 15 is 0 Å². The quantitative estimate of drug-likeness (QED) is 0.780. The summed E-state index contributed by atoms with van der Waals surface area (Å²) in [5.74, 6) is -1.09. The molecule has 2 N–H and O–H groups in total. The van der Waals surface area contributed by atoms with Crippen molar-refractivity contribution in [3.8, 4) is 0 Å². The van der Waals surface area contributed by atoms with Gasteiger partial charge in [-0.25, -0.2) is 0 Å². The van der Waals surface area contributed by atoms with Gasteiger partial charge in [0.2, 0.25) is 0 Å². The van der Waals surface area contributed by atoms with Gasteiger partial charge in [-0.15, -0.1) is 0 Å². The van der Waals surface area contributed by atoms with Crippen molar-refractivity contribution in [3.05, 3.63) is 66.2 Å². The van der Waals surface area contributed by atoms with Crippen LogP contribution in [-0.4, -0.2) is 28.9 Å². The van der Waals surface area contributed by atoms with Gasteiger partial charge in [-0.3, -0.25) is 14.5 Å². The second kappa shape index (κ2) is 8.37. The Morgan fingerprint density at radius 3 is 2.00 bits per heavy atom. The summed E-state index contributed by atoms with van der Waals surface area (Å²) in [6.45, 7) is 8.85. The van der Waals surface area contributed by atoms with Gasteiger partial charge < -0.3 is 10.6 Å². The molecule has 2 aromatic carbocycles. The molecular weight excluding hydrogens is 362 g/mol. The first-order valence-electron chi connectivity index (χ1n) is 10.2. The van der Waals surface area contributed by atoms with Crippen molar-refractivity contribution >= 4 is 17.5 Å². The minimum Gasteiger partial charge on any atom is -0.345 e. The summed E-state index contributed by atoms with van der Waals surface area (Å²) in [7, 11) is 0. The predicted octanol–water partition coefficient (Wildman–Crippen LogP) is 3.65. The molecule has 0 aromatic heterocycles. The number of carbonyl (C=O) groups excluding carboxylic acids is 2. The van der Waals surface area contributed by atoms with Gasteiger partial charge in [-0.2, -0.15) is 0 Å². The third-order valence-electron chi connectivity index (χ3n) is 5.22. The summed E-state index contributed by atoms with van der Waals surface area (Å²) in [5, 5.41) is 6.59.